The average Bonchev–Trinajstić information content (AvgIpc) is 3.18. The van der Waals surface area contributed by atoms with Gasteiger partial charge in [0.2, 0.25) is 5.91 Å². The average molecular weight is 768 g/mol. The van der Waals surface area contributed by atoms with Crippen LogP contribution in [0.3, 0.4) is 0 Å². The zero-order valence-electron chi connectivity index (χ0n) is 35.8. The largest absolute Gasteiger partial charge is 0.462 e. The van der Waals surface area contributed by atoms with Crippen molar-refractivity contribution in [2.75, 3.05) is 6.61 Å². The summed E-state index contributed by atoms with van der Waals surface area (Å²) in [7, 11) is 0. The molecule has 0 fully saturated rings. The van der Waals surface area contributed by atoms with E-state index in [-0.39, 0.29) is 24.9 Å². The van der Waals surface area contributed by atoms with Crippen LogP contribution in [0.5, 0.6) is 0 Å². The first-order valence-corrected chi connectivity index (χ1v) is 22.7. The molecule has 0 rings (SSSR count). The van der Waals surface area contributed by atoms with E-state index in [1.807, 2.05) is 60.8 Å². The van der Waals surface area contributed by atoms with Crippen LogP contribution < -0.4 is 5.32 Å². The van der Waals surface area contributed by atoms with Crippen LogP contribution in [0.15, 0.2) is 72.9 Å². The maximum absolute atomic E-state index is 13.1. The fourth-order valence-electron chi connectivity index (χ4n) is 6.53. The van der Waals surface area contributed by atoms with E-state index < -0.39 is 18.2 Å². The molecule has 0 saturated carbocycles. The highest BCUT2D eigenvalue weighted by atomic mass is 16.5. The molecule has 0 spiro atoms. The summed E-state index contributed by atoms with van der Waals surface area (Å²) in [6.45, 7) is 6.28. The van der Waals surface area contributed by atoms with E-state index in [4.69, 9.17) is 4.74 Å². The normalized spacial score (nSPS) is 14.1. The van der Waals surface area contributed by atoms with Gasteiger partial charge in [-0.2, -0.15) is 0 Å². The predicted molar refractivity (Wildman–Crippen MR) is 236 cm³/mol. The first kappa shape index (κ1) is 52.3. The number of amides is 1. The maximum Gasteiger partial charge on any atom is 0.306 e. The van der Waals surface area contributed by atoms with E-state index in [1.165, 1.54) is 96.3 Å². The number of ether oxygens (including phenoxy) is 1. The van der Waals surface area contributed by atoms with Crippen LogP contribution in [0, 0.1) is 0 Å². The third kappa shape index (κ3) is 38.0. The monoisotopic (exact) mass is 768 g/mol. The molecule has 0 heterocycles. The highest BCUT2D eigenvalue weighted by molar-refractivity contribution is 5.77. The molecule has 55 heavy (non-hydrogen) atoms. The molecule has 0 aliphatic carbocycles. The second-order valence-corrected chi connectivity index (χ2v) is 15.2. The lowest BCUT2D eigenvalue weighted by molar-refractivity contribution is -0.151. The predicted octanol–water partition coefficient (Wildman–Crippen LogP) is 13.1. The second-order valence-electron chi connectivity index (χ2n) is 15.2. The molecule has 316 valence electrons. The van der Waals surface area contributed by atoms with Crippen molar-refractivity contribution in [3.63, 3.8) is 0 Å². The topological polar surface area (TPSA) is 95.9 Å². The number of carbonyl (C=O) groups is 2. The third-order valence-corrected chi connectivity index (χ3v) is 9.96. The molecule has 1 amide bonds. The minimum Gasteiger partial charge on any atom is -0.462 e. The van der Waals surface area contributed by atoms with E-state index in [1.54, 1.807) is 0 Å². The molecule has 6 nitrogen and oxygen atoms in total. The van der Waals surface area contributed by atoms with Crippen molar-refractivity contribution >= 4 is 11.9 Å². The Morgan fingerprint density at radius 1 is 0.545 bits per heavy atom. The molecule has 0 saturated heterocycles. The molecule has 0 aliphatic rings. The van der Waals surface area contributed by atoms with Crippen LogP contribution in [0.1, 0.15) is 201 Å². The van der Waals surface area contributed by atoms with E-state index in [2.05, 4.69) is 38.2 Å². The summed E-state index contributed by atoms with van der Waals surface area (Å²) in [5.74, 6) is -0.555. The number of nitrogens with one attached hydrogen (secondary N) is 1. The molecule has 0 radical (unpaired) electrons. The Morgan fingerprint density at radius 3 is 1.45 bits per heavy atom. The number of aliphatic hydroxyl groups excluding tert-OH is 2. The Hall–Kier alpha value is -2.70. The highest BCUT2D eigenvalue weighted by Gasteiger charge is 2.24. The number of unbranched alkanes of at least 4 members (excludes halogenated alkanes) is 20. The Labute approximate surface area is 339 Å². The highest BCUT2D eigenvalue weighted by Crippen LogP contribution is 2.16. The number of hydrogen-bond acceptors (Lipinski definition) is 5. The quantitative estimate of drug-likeness (QED) is 0.0329. The van der Waals surface area contributed by atoms with Crippen molar-refractivity contribution in [3.8, 4) is 0 Å². The van der Waals surface area contributed by atoms with Crippen LogP contribution in [0.25, 0.3) is 0 Å². The Bertz CT molecular complexity index is 1040. The summed E-state index contributed by atoms with van der Waals surface area (Å²) in [4.78, 5) is 25.9. The molecule has 3 N–H and O–H groups in total. The van der Waals surface area contributed by atoms with Gasteiger partial charge in [-0.05, 0) is 38.5 Å². The number of esters is 1. The van der Waals surface area contributed by atoms with Crippen LogP contribution in [-0.2, 0) is 14.3 Å². The molecule has 3 atom stereocenters. The van der Waals surface area contributed by atoms with Crippen LogP contribution in [-0.4, -0.2) is 46.9 Å². The molecule has 0 aromatic rings. The molecule has 3 unspecified atom stereocenters. The second kappa shape index (κ2) is 42.4. The summed E-state index contributed by atoms with van der Waals surface area (Å²) in [5.41, 5.74) is 0. The lowest BCUT2D eigenvalue weighted by Gasteiger charge is -2.24. The van der Waals surface area contributed by atoms with Gasteiger partial charge >= 0.3 is 5.97 Å². The maximum atomic E-state index is 13.1. The van der Waals surface area contributed by atoms with Crippen LogP contribution >= 0.6 is 0 Å². The van der Waals surface area contributed by atoms with Crippen molar-refractivity contribution in [2.45, 2.75) is 219 Å². The SMILES string of the molecule is CC\C=C/C=C/C=C/C=C\C=C\C=C\CCCC(CC(=O)NC(CO)C(O)CCCCCCCCCCCCC)OC(=O)CCCCCCCCCCCC. The zero-order valence-corrected chi connectivity index (χ0v) is 35.8. The molecule has 0 aliphatic heterocycles. The fraction of sp³-hybridized carbons (Fsp3) is 0.714. The van der Waals surface area contributed by atoms with Crippen LogP contribution in [0.2, 0.25) is 0 Å². The van der Waals surface area contributed by atoms with Crippen molar-refractivity contribution < 1.29 is 24.5 Å². The van der Waals surface area contributed by atoms with E-state index in [9.17, 15) is 19.8 Å². The molecule has 0 aromatic heterocycles. The van der Waals surface area contributed by atoms with Gasteiger partial charge < -0.3 is 20.3 Å². The molecular formula is C49H85NO5. The fourth-order valence-corrected chi connectivity index (χ4v) is 6.53. The van der Waals surface area contributed by atoms with E-state index >= 15 is 0 Å². The van der Waals surface area contributed by atoms with Gasteiger partial charge in [-0.1, -0.05) is 222 Å². The lowest BCUT2D eigenvalue weighted by atomic mass is 10.0. The van der Waals surface area contributed by atoms with Crippen LogP contribution in [0.4, 0.5) is 0 Å². The first-order chi connectivity index (χ1) is 27.0. The summed E-state index contributed by atoms with van der Waals surface area (Å²) in [5, 5.41) is 23.6. The van der Waals surface area contributed by atoms with Gasteiger partial charge in [0.05, 0.1) is 25.2 Å². The summed E-state index contributed by atoms with van der Waals surface area (Å²) < 4.78 is 5.86. The minimum absolute atomic E-state index is 0.0252. The number of aliphatic hydroxyl groups is 2. The third-order valence-electron chi connectivity index (χ3n) is 9.96. The number of allylic oxidation sites excluding steroid dienone is 12. The number of carbonyl (C=O) groups excluding carboxylic acids is 2. The van der Waals surface area contributed by atoms with Crippen molar-refractivity contribution in [2.24, 2.45) is 0 Å². The van der Waals surface area contributed by atoms with Gasteiger partial charge in [-0.25, -0.2) is 0 Å². The Morgan fingerprint density at radius 2 is 0.982 bits per heavy atom. The minimum atomic E-state index is -0.807. The Kier molecular flexibility index (Phi) is 40.4. The van der Waals surface area contributed by atoms with Crippen molar-refractivity contribution in [3.05, 3.63) is 72.9 Å². The molecule has 6 heteroatoms. The summed E-state index contributed by atoms with van der Waals surface area (Å²) in [6.07, 6.45) is 52.5. The number of rotatable bonds is 39. The smallest absolute Gasteiger partial charge is 0.306 e. The van der Waals surface area contributed by atoms with Crippen molar-refractivity contribution in [1.29, 1.82) is 0 Å². The summed E-state index contributed by atoms with van der Waals surface area (Å²) in [6, 6.07) is -0.725. The zero-order chi connectivity index (χ0) is 40.3. The van der Waals surface area contributed by atoms with Gasteiger partial charge in [0.15, 0.2) is 0 Å². The standard InChI is InChI=1S/C49H85NO5/c1-4-7-10-13-16-19-22-23-24-25-27-28-31-34-37-40-45(55-49(54)42-39-36-33-30-21-18-15-12-9-6-3)43-48(53)50-46(44-51)47(52)41-38-35-32-29-26-20-17-14-11-8-5-2/h7,10,13,16,19,22-25,27-28,31,45-47,51-52H,4-6,8-9,11-12,14-15,17-18,20-21,26,29-30,32-44H2,1-3H3,(H,50,53)/b10-7-,16-13+,22-19+,24-23-,27-25+,31-28+. The lowest BCUT2D eigenvalue weighted by Crippen LogP contribution is -2.46. The van der Waals surface area contributed by atoms with Gasteiger partial charge in [-0.15, -0.1) is 0 Å². The van der Waals surface area contributed by atoms with Gasteiger partial charge in [-0.3, -0.25) is 9.59 Å². The number of hydrogen-bond donors (Lipinski definition) is 3. The van der Waals surface area contributed by atoms with Crippen molar-refractivity contribution in [1.82, 2.24) is 5.32 Å². The first-order valence-electron chi connectivity index (χ1n) is 22.7. The van der Waals surface area contributed by atoms with E-state index in [0.29, 0.717) is 19.3 Å². The molecular weight excluding hydrogens is 683 g/mol. The Balaban J connectivity index is 4.78. The van der Waals surface area contributed by atoms with Gasteiger partial charge in [0.25, 0.3) is 0 Å². The molecule has 0 bridgehead atoms. The van der Waals surface area contributed by atoms with Gasteiger partial charge in [0, 0.05) is 6.42 Å². The van der Waals surface area contributed by atoms with Gasteiger partial charge in [0.1, 0.15) is 6.10 Å². The van der Waals surface area contributed by atoms with E-state index in [0.717, 1.165) is 57.8 Å². The summed E-state index contributed by atoms with van der Waals surface area (Å²) >= 11 is 0. The molecule has 0 aromatic carbocycles.